The Morgan fingerprint density at radius 3 is 2.47 bits per heavy atom. The highest BCUT2D eigenvalue weighted by Crippen LogP contribution is 2.32. The Labute approximate surface area is 103 Å². The molecule has 84 valence electrons. The lowest BCUT2D eigenvalue weighted by Gasteiger charge is -2.08. The van der Waals surface area contributed by atoms with Crippen LogP contribution >= 0.6 is 34.2 Å². The van der Waals surface area contributed by atoms with Gasteiger partial charge < -0.3 is 0 Å². The van der Waals surface area contributed by atoms with Crippen molar-refractivity contribution in [3.05, 3.63) is 20.4 Å². The zero-order chi connectivity index (χ0) is 11.8. The average molecular weight is 369 g/mol. The van der Waals surface area contributed by atoms with Gasteiger partial charge in [0, 0.05) is 0 Å². The average Bonchev–Trinajstić information content (AvgIpc) is 1.99. The van der Waals surface area contributed by atoms with Gasteiger partial charge >= 0.3 is 0 Å². The fourth-order valence-electron chi connectivity index (χ4n) is 0.888. The van der Waals surface area contributed by atoms with Gasteiger partial charge in [0.15, 0.2) is 5.03 Å². The molecule has 1 heterocycles. The standard InChI is InChI=1S/C6H4ClF2IN2O2S/c7-2-1-3(10)12-6(15(11,13)14)4(2)5(8)9/h1,5H,(H2,11,13,14). The molecule has 0 atom stereocenters. The molecule has 0 fully saturated rings. The van der Waals surface area contributed by atoms with Gasteiger partial charge in [0.25, 0.3) is 16.4 Å². The molecule has 9 heteroatoms. The van der Waals surface area contributed by atoms with Gasteiger partial charge in [0.05, 0.1) is 10.6 Å². The Morgan fingerprint density at radius 2 is 2.07 bits per heavy atom. The third-order valence-corrected chi connectivity index (χ3v) is 3.15. The molecule has 2 N–H and O–H groups in total. The Bertz CT molecular complexity index is 494. The minimum atomic E-state index is -4.30. The van der Waals surface area contributed by atoms with Gasteiger partial charge in [-0.3, -0.25) is 0 Å². The van der Waals surface area contributed by atoms with E-state index in [1.54, 1.807) is 22.6 Å². The molecule has 15 heavy (non-hydrogen) atoms. The van der Waals surface area contributed by atoms with Crippen LogP contribution in [0.1, 0.15) is 12.0 Å². The quantitative estimate of drug-likeness (QED) is 0.640. The van der Waals surface area contributed by atoms with Crippen LogP contribution in [0.5, 0.6) is 0 Å². The third-order valence-electron chi connectivity index (χ3n) is 1.43. The van der Waals surface area contributed by atoms with Crippen molar-refractivity contribution in [2.24, 2.45) is 5.14 Å². The predicted octanol–water partition coefficient (Wildman–Crippen LogP) is 1.92. The molecule has 0 amide bonds. The number of aromatic nitrogens is 1. The molecular formula is C6H4ClF2IN2O2S. The van der Waals surface area contributed by atoms with Gasteiger partial charge in [0.1, 0.15) is 3.70 Å². The van der Waals surface area contributed by atoms with Crippen LogP contribution in [-0.4, -0.2) is 13.4 Å². The number of pyridine rings is 1. The van der Waals surface area contributed by atoms with E-state index in [-0.39, 0.29) is 8.72 Å². The van der Waals surface area contributed by atoms with E-state index in [0.29, 0.717) is 0 Å². The second-order valence-electron chi connectivity index (χ2n) is 2.49. The summed E-state index contributed by atoms with van der Waals surface area (Å²) < 4.78 is 47.1. The molecule has 0 aliphatic carbocycles. The van der Waals surface area contributed by atoms with E-state index in [1.165, 1.54) is 0 Å². The van der Waals surface area contributed by atoms with E-state index in [2.05, 4.69) is 4.98 Å². The Kier molecular flexibility index (Phi) is 3.85. The fourth-order valence-corrected chi connectivity index (χ4v) is 2.85. The topological polar surface area (TPSA) is 73.1 Å². The highest BCUT2D eigenvalue weighted by atomic mass is 127. The maximum atomic E-state index is 12.5. The molecule has 1 aromatic rings. The minimum Gasteiger partial charge on any atom is -0.228 e. The highest BCUT2D eigenvalue weighted by molar-refractivity contribution is 14.1. The van der Waals surface area contributed by atoms with E-state index in [9.17, 15) is 17.2 Å². The van der Waals surface area contributed by atoms with Crippen LogP contribution in [0.3, 0.4) is 0 Å². The maximum absolute atomic E-state index is 12.5. The second kappa shape index (κ2) is 4.44. The lowest BCUT2D eigenvalue weighted by Crippen LogP contribution is -2.17. The van der Waals surface area contributed by atoms with E-state index < -0.39 is 27.0 Å². The molecule has 0 aliphatic rings. The summed E-state index contributed by atoms with van der Waals surface area (Å²) in [6.07, 6.45) is -3.05. The van der Waals surface area contributed by atoms with E-state index >= 15 is 0 Å². The summed E-state index contributed by atoms with van der Waals surface area (Å²) >= 11 is 7.14. The van der Waals surface area contributed by atoms with Gasteiger partial charge in [-0.05, 0) is 28.7 Å². The monoisotopic (exact) mass is 368 g/mol. The van der Waals surface area contributed by atoms with Crippen LogP contribution in [0.15, 0.2) is 11.1 Å². The van der Waals surface area contributed by atoms with E-state index in [0.717, 1.165) is 6.07 Å². The SMILES string of the molecule is NS(=O)(=O)c1nc(I)cc(Cl)c1C(F)F. The van der Waals surface area contributed by atoms with Crippen molar-refractivity contribution in [3.63, 3.8) is 0 Å². The number of halogens is 4. The number of primary sulfonamides is 1. The first-order chi connectivity index (χ1) is 6.73. The molecular weight excluding hydrogens is 364 g/mol. The van der Waals surface area contributed by atoms with Crippen LogP contribution in [0.2, 0.25) is 5.02 Å². The van der Waals surface area contributed by atoms with Crippen molar-refractivity contribution in [2.75, 3.05) is 0 Å². The molecule has 0 spiro atoms. The first-order valence-corrected chi connectivity index (χ1v) is 6.40. The Morgan fingerprint density at radius 1 is 1.53 bits per heavy atom. The predicted molar refractivity (Wildman–Crippen MR) is 58.3 cm³/mol. The molecule has 4 nitrogen and oxygen atoms in total. The summed E-state index contributed by atoms with van der Waals surface area (Å²) in [5.74, 6) is 0. The number of rotatable bonds is 2. The summed E-state index contributed by atoms with van der Waals surface area (Å²) in [6.45, 7) is 0. The molecule has 0 saturated heterocycles. The molecule has 0 bridgehead atoms. The normalized spacial score (nSPS) is 12.1. The van der Waals surface area contributed by atoms with Crippen molar-refractivity contribution in [1.82, 2.24) is 4.98 Å². The summed E-state index contributed by atoms with van der Waals surface area (Å²) in [7, 11) is -4.30. The third kappa shape index (κ3) is 2.95. The van der Waals surface area contributed by atoms with Gasteiger partial charge in [-0.15, -0.1) is 0 Å². The van der Waals surface area contributed by atoms with Crippen molar-refractivity contribution in [1.29, 1.82) is 0 Å². The van der Waals surface area contributed by atoms with Gasteiger partial charge in [-0.25, -0.2) is 27.3 Å². The molecule has 0 aromatic carbocycles. The smallest absolute Gasteiger partial charge is 0.228 e. The van der Waals surface area contributed by atoms with Gasteiger partial charge in [0.2, 0.25) is 0 Å². The maximum Gasteiger partial charge on any atom is 0.268 e. The van der Waals surface area contributed by atoms with Crippen LogP contribution in [0.4, 0.5) is 8.78 Å². The Balaban J connectivity index is 3.62. The second-order valence-corrected chi connectivity index (χ2v) is 5.48. The molecule has 0 saturated carbocycles. The summed E-state index contributed by atoms with van der Waals surface area (Å²) in [5.41, 5.74) is -0.861. The summed E-state index contributed by atoms with van der Waals surface area (Å²) in [6, 6.07) is 1.14. The molecule has 0 radical (unpaired) electrons. The summed E-state index contributed by atoms with van der Waals surface area (Å²) in [5, 5.41) is 3.50. The van der Waals surface area contributed by atoms with Gasteiger partial charge in [-0.2, -0.15) is 0 Å². The fraction of sp³-hybridized carbons (Fsp3) is 0.167. The Hall–Kier alpha value is -0.0600. The number of nitrogens with zero attached hydrogens (tertiary/aromatic N) is 1. The van der Waals surface area contributed by atoms with Crippen molar-refractivity contribution in [2.45, 2.75) is 11.5 Å². The molecule has 1 rings (SSSR count). The first kappa shape index (κ1) is 13.0. The number of hydrogen-bond acceptors (Lipinski definition) is 3. The number of hydrogen-bond donors (Lipinski definition) is 1. The number of alkyl halides is 2. The first-order valence-electron chi connectivity index (χ1n) is 3.40. The van der Waals surface area contributed by atoms with Crippen molar-refractivity contribution >= 4 is 44.2 Å². The van der Waals surface area contributed by atoms with Crippen LogP contribution in [0, 0.1) is 3.70 Å². The largest absolute Gasteiger partial charge is 0.268 e. The molecule has 0 unspecified atom stereocenters. The number of nitrogens with two attached hydrogens (primary N) is 1. The lowest BCUT2D eigenvalue weighted by atomic mass is 10.3. The molecule has 0 aliphatic heterocycles. The van der Waals surface area contributed by atoms with Gasteiger partial charge in [-0.1, -0.05) is 11.6 Å². The van der Waals surface area contributed by atoms with Crippen molar-refractivity contribution in [3.8, 4) is 0 Å². The molecule has 1 aromatic heterocycles. The van der Waals surface area contributed by atoms with Crippen LogP contribution < -0.4 is 5.14 Å². The van der Waals surface area contributed by atoms with E-state index in [1.807, 2.05) is 0 Å². The lowest BCUT2D eigenvalue weighted by molar-refractivity contribution is 0.147. The highest BCUT2D eigenvalue weighted by Gasteiger charge is 2.26. The van der Waals surface area contributed by atoms with Crippen molar-refractivity contribution < 1.29 is 17.2 Å². The minimum absolute atomic E-state index is 0.172. The zero-order valence-corrected chi connectivity index (χ0v) is 10.6. The van der Waals surface area contributed by atoms with Crippen LogP contribution in [-0.2, 0) is 10.0 Å². The van der Waals surface area contributed by atoms with E-state index in [4.69, 9.17) is 16.7 Å². The number of sulfonamides is 1. The summed E-state index contributed by atoms with van der Waals surface area (Å²) in [4.78, 5) is 3.44. The van der Waals surface area contributed by atoms with Crippen LogP contribution in [0.25, 0.3) is 0 Å². The zero-order valence-electron chi connectivity index (χ0n) is 6.92.